The standard InChI is InChI=1S/C17H18BrN3O3S/c1-11-9-12(4-5-14(11)18)21-15(22)10-20-17(24)16(23)19-7-6-13-3-2-8-25-13/h2-5,8-9H,6-7,10H2,1H3,(H,19,23)(H,20,24)(H,21,22). The number of benzene rings is 1. The largest absolute Gasteiger partial charge is 0.347 e. The molecule has 0 atom stereocenters. The maximum atomic E-state index is 11.8. The van der Waals surface area contributed by atoms with Crippen LogP contribution in [0.2, 0.25) is 0 Å². The second-order valence-corrected chi connectivity index (χ2v) is 7.17. The van der Waals surface area contributed by atoms with Crippen molar-refractivity contribution in [1.29, 1.82) is 0 Å². The summed E-state index contributed by atoms with van der Waals surface area (Å²) in [5.74, 6) is -1.97. The van der Waals surface area contributed by atoms with Gasteiger partial charge >= 0.3 is 11.8 Å². The van der Waals surface area contributed by atoms with E-state index >= 15 is 0 Å². The van der Waals surface area contributed by atoms with E-state index in [9.17, 15) is 14.4 Å². The Morgan fingerprint density at radius 2 is 1.88 bits per heavy atom. The van der Waals surface area contributed by atoms with E-state index in [1.54, 1.807) is 23.5 Å². The van der Waals surface area contributed by atoms with E-state index in [2.05, 4.69) is 31.9 Å². The van der Waals surface area contributed by atoms with Crippen LogP contribution in [0, 0.1) is 6.92 Å². The first kappa shape index (κ1) is 19.1. The zero-order chi connectivity index (χ0) is 18.2. The fourth-order valence-corrected chi connectivity index (χ4v) is 2.96. The molecule has 0 saturated carbocycles. The van der Waals surface area contributed by atoms with Crippen molar-refractivity contribution in [2.75, 3.05) is 18.4 Å². The van der Waals surface area contributed by atoms with Gasteiger partial charge in [0.15, 0.2) is 0 Å². The van der Waals surface area contributed by atoms with E-state index in [0.29, 0.717) is 18.7 Å². The van der Waals surface area contributed by atoms with Crippen LogP contribution in [0.5, 0.6) is 0 Å². The third-order valence-corrected chi connectivity index (χ3v) is 5.12. The molecule has 0 spiro atoms. The lowest BCUT2D eigenvalue weighted by Gasteiger charge is -2.08. The van der Waals surface area contributed by atoms with Crippen LogP contribution in [-0.2, 0) is 20.8 Å². The van der Waals surface area contributed by atoms with E-state index < -0.39 is 17.7 Å². The third kappa shape index (κ3) is 6.32. The zero-order valence-electron chi connectivity index (χ0n) is 13.6. The molecule has 2 rings (SSSR count). The summed E-state index contributed by atoms with van der Waals surface area (Å²) in [6.07, 6.45) is 0.667. The number of rotatable bonds is 6. The van der Waals surface area contributed by atoms with Gasteiger partial charge in [-0.1, -0.05) is 22.0 Å². The topological polar surface area (TPSA) is 87.3 Å². The van der Waals surface area contributed by atoms with Gasteiger partial charge in [-0.15, -0.1) is 11.3 Å². The van der Waals surface area contributed by atoms with Crippen molar-refractivity contribution < 1.29 is 14.4 Å². The van der Waals surface area contributed by atoms with Gasteiger partial charge in [0.25, 0.3) is 0 Å². The van der Waals surface area contributed by atoms with E-state index in [-0.39, 0.29) is 6.54 Å². The summed E-state index contributed by atoms with van der Waals surface area (Å²) in [5, 5.41) is 9.44. The number of aryl methyl sites for hydroxylation is 1. The first-order chi connectivity index (χ1) is 12.0. The second-order valence-electron chi connectivity index (χ2n) is 5.28. The molecule has 3 amide bonds. The highest BCUT2D eigenvalue weighted by atomic mass is 79.9. The average molecular weight is 424 g/mol. The number of halogens is 1. The third-order valence-electron chi connectivity index (χ3n) is 3.29. The Labute approximate surface area is 158 Å². The number of thiophene rings is 1. The summed E-state index contributed by atoms with van der Waals surface area (Å²) < 4.78 is 0.943. The average Bonchev–Trinajstić information content (AvgIpc) is 3.09. The molecular formula is C17H18BrN3O3S. The van der Waals surface area contributed by atoms with Crippen molar-refractivity contribution in [3.05, 3.63) is 50.6 Å². The van der Waals surface area contributed by atoms with Gasteiger partial charge in [-0.25, -0.2) is 0 Å². The molecule has 8 heteroatoms. The maximum absolute atomic E-state index is 11.8. The Morgan fingerprint density at radius 3 is 2.56 bits per heavy atom. The van der Waals surface area contributed by atoms with Crippen LogP contribution in [0.3, 0.4) is 0 Å². The molecule has 0 unspecified atom stereocenters. The molecule has 0 bridgehead atoms. The molecule has 25 heavy (non-hydrogen) atoms. The van der Waals surface area contributed by atoms with Gasteiger partial charge in [0.05, 0.1) is 6.54 Å². The molecule has 0 aliphatic carbocycles. The lowest BCUT2D eigenvalue weighted by Crippen LogP contribution is -2.43. The van der Waals surface area contributed by atoms with Crippen molar-refractivity contribution in [3.8, 4) is 0 Å². The molecule has 1 heterocycles. The highest BCUT2D eigenvalue weighted by Gasteiger charge is 2.14. The summed E-state index contributed by atoms with van der Waals surface area (Å²) in [5.41, 5.74) is 1.60. The van der Waals surface area contributed by atoms with Crippen molar-refractivity contribution in [2.24, 2.45) is 0 Å². The smallest absolute Gasteiger partial charge is 0.309 e. The van der Waals surface area contributed by atoms with Crippen LogP contribution in [-0.4, -0.2) is 30.8 Å². The highest BCUT2D eigenvalue weighted by Crippen LogP contribution is 2.19. The summed E-state index contributed by atoms with van der Waals surface area (Å²) in [4.78, 5) is 36.3. The van der Waals surface area contributed by atoms with Gasteiger partial charge < -0.3 is 16.0 Å². The van der Waals surface area contributed by atoms with Crippen LogP contribution in [0.25, 0.3) is 0 Å². The van der Waals surface area contributed by atoms with Crippen molar-refractivity contribution >= 4 is 50.7 Å². The van der Waals surface area contributed by atoms with Crippen LogP contribution >= 0.6 is 27.3 Å². The number of carbonyl (C=O) groups excluding carboxylic acids is 3. The minimum Gasteiger partial charge on any atom is -0.347 e. The van der Waals surface area contributed by atoms with Crippen molar-refractivity contribution in [2.45, 2.75) is 13.3 Å². The lowest BCUT2D eigenvalue weighted by molar-refractivity contribution is -0.139. The number of anilines is 1. The minimum absolute atomic E-state index is 0.272. The molecule has 1 aromatic heterocycles. The Morgan fingerprint density at radius 1 is 1.12 bits per heavy atom. The highest BCUT2D eigenvalue weighted by molar-refractivity contribution is 9.10. The Balaban J connectivity index is 1.70. The molecule has 0 aliphatic rings. The van der Waals surface area contributed by atoms with Gasteiger partial charge in [0.2, 0.25) is 5.91 Å². The van der Waals surface area contributed by atoms with Gasteiger partial charge in [0, 0.05) is 21.6 Å². The molecule has 0 fully saturated rings. The summed E-state index contributed by atoms with van der Waals surface area (Å²) >= 11 is 4.97. The number of hydrogen-bond acceptors (Lipinski definition) is 4. The molecule has 3 N–H and O–H groups in total. The van der Waals surface area contributed by atoms with Gasteiger partial charge in [0.1, 0.15) is 0 Å². The van der Waals surface area contributed by atoms with Gasteiger partial charge in [-0.3, -0.25) is 14.4 Å². The minimum atomic E-state index is -0.826. The summed E-state index contributed by atoms with van der Waals surface area (Å²) in [6.45, 7) is 2.01. The quantitative estimate of drug-likeness (QED) is 0.622. The normalized spacial score (nSPS) is 10.2. The van der Waals surface area contributed by atoms with Crippen LogP contribution < -0.4 is 16.0 Å². The molecule has 1 aromatic carbocycles. The van der Waals surface area contributed by atoms with Crippen LogP contribution in [0.15, 0.2) is 40.2 Å². The van der Waals surface area contributed by atoms with Crippen molar-refractivity contribution in [3.63, 3.8) is 0 Å². The predicted molar refractivity (Wildman–Crippen MR) is 102 cm³/mol. The predicted octanol–water partition coefficient (Wildman–Crippen LogP) is 2.23. The lowest BCUT2D eigenvalue weighted by atomic mass is 10.2. The van der Waals surface area contributed by atoms with Gasteiger partial charge in [-0.05, 0) is 48.6 Å². The van der Waals surface area contributed by atoms with Crippen LogP contribution in [0.4, 0.5) is 5.69 Å². The fraction of sp³-hybridized carbons (Fsp3) is 0.235. The monoisotopic (exact) mass is 423 g/mol. The molecule has 132 valence electrons. The summed E-state index contributed by atoms with van der Waals surface area (Å²) in [6, 6.07) is 9.27. The van der Waals surface area contributed by atoms with Gasteiger partial charge in [-0.2, -0.15) is 0 Å². The van der Waals surface area contributed by atoms with Crippen LogP contribution in [0.1, 0.15) is 10.4 Å². The Hall–Kier alpha value is -2.19. The molecule has 6 nitrogen and oxygen atoms in total. The zero-order valence-corrected chi connectivity index (χ0v) is 16.0. The SMILES string of the molecule is Cc1cc(NC(=O)CNC(=O)C(=O)NCCc2cccs2)ccc1Br. The summed E-state index contributed by atoms with van der Waals surface area (Å²) in [7, 11) is 0. The Bertz CT molecular complexity index is 763. The van der Waals surface area contributed by atoms with E-state index in [1.807, 2.05) is 30.5 Å². The molecular weight excluding hydrogens is 406 g/mol. The number of amides is 3. The second kappa shape index (κ2) is 9.33. The number of hydrogen-bond donors (Lipinski definition) is 3. The van der Waals surface area contributed by atoms with E-state index in [1.165, 1.54) is 0 Å². The molecule has 2 aromatic rings. The maximum Gasteiger partial charge on any atom is 0.309 e. The number of carbonyl (C=O) groups is 3. The Kier molecular flexibility index (Phi) is 7.15. The van der Waals surface area contributed by atoms with Crippen molar-refractivity contribution in [1.82, 2.24) is 10.6 Å². The first-order valence-corrected chi connectivity index (χ1v) is 9.27. The molecule has 0 radical (unpaired) electrons. The fourth-order valence-electron chi connectivity index (χ4n) is 2.00. The first-order valence-electron chi connectivity index (χ1n) is 7.60. The number of nitrogens with one attached hydrogen (secondary N) is 3. The molecule has 0 saturated heterocycles. The van der Waals surface area contributed by atoms with E-state index in [0.717, 1.165) is 14.9 Å². The van der Waals surface area contributed by atoms with E-state index in [4.69, 9.17) is 0 Å². The molecule has 0 aliphatic heterocycles.